The topological polar surface area (TPSA) is 125 Å². The summed E-state index contributed by atoms with van der Waals surface area (Å²) >= 11 is 0. The van der Waals surface area contributed by atoms with E-state index in [1.54, 1.807) is 4.90 Å². The maximum absolute atomic E-state index is 10.4. The van der Waals surface area contributed by atoms with E-state index in [0.29, 0.717) is 6.54 Å². The van der Waals surface area contributed by atoms with E-state index < -0.39 is 43.2 Å². The van der Waals surface area contributed by atoms with Crippen molar-refractivity contribution in [1.29, 1.82) is 0 Å². The third-order valence-electron chi connectivity index (χ3n) is 5.32. The van der Waals surface area contributed by atoms with Gasteiger partial charge in [-0.3, -0.25) is 4.90 Å². The van der Waals surface area contributed by atoms with Crippen molar-refractivity contribution in [3.05, 3.63) is 60.2 Å². The molecule has 7 nitrogen and oxygen atoms in total. The van der Waals surface area contributed by atoms with Crippen LogP contribution in [-0.2, 0) is 6.54 Å². The highest BCUT2D eigenvalue weighted by Gasteiger charge is 2.46. The minimum absolute atomic E-state index is 0.116. The van der Waals surface area contributed by atoms with Gasteiger partial charge in [0.2, 0.25) is 0 Å². The molecule has 2 unspecified atom stereocenters. The van der Waals surface area contributed by atoms with Crippen molar-refractivity contribution < 1.29 is 30.6 Å². The van der Waals surface area contributed by atoms with Crippen molar-refractivity contribution >= 4 is 0 Å². The van der Waals surface area contributed by atoms with Crippen LogP contribution in [0, 0.1) is 0 Å². The molecule has 2 aromatic rings. The number of rotatable bonds is 7. The molecule has 6 atom stereocenters. The summed E-state index contributed by atoms with van der Waals surface area (Å²) in [5, 5.41) is 59.3. The van der Waals surface area contributed by atoms with E-state index in [0.717, 1.165) is 16.7 Å². The first kappa shape index (κ1) is 20.9. The van der Waals surface area contributed by atoms with Crippen LogP contribution in [0.5, 0.6) is 0 Å². The minimum atomic E-state index is -1.64. The lowest BCUT2D eigenvalue weighted by atomic mass is 9.96. The molecule has 0 bridgehead atoms. The van der Waals surface area contributed by atoms with Crippen molar-refractivity contribution in [2.45, 2.75) is 43.1 Å². The molecule has 2 aromatic carbocycles. The third kappa shape index (κ3) is 4.42. The molecule has 0 aliphatic carbocycles. The highest BCUT2D eigenvalue weighted by atomic mass is 16.4. The Bertz CT molecular complexity index is 740. The van der Waals surface area contributed by atoms with Gasteiger partial charge < -0.3 is 30.6 Å². The number of β-amino-alcohol motifs (C(OH)–C–C–N with tert-alkyl or cyclic N) is 1. The molecule has 0 saturated carbocycles. The summed E-state index contributed by atoms with van der Waals surface area (Å²) in [5.74, 6) is 0. The van der Waals surface area contributed by atoms with Gasteiger partial charge in [-0.15, -0.1) is 0 Å². The smallest absolute Gasteiger partial charge is 0.110 e. The lowest BCUT2D eigenvalue weighted by Gasteiger charge is -2.33. The quantitative estimate of drug-likeness (QED) is 0.371. The molecular formula is C21H27NO6. The van der Waals surface area contributed by atoms with Gasteiger partial charge in [0.1, 0.15) is 18.3 Å². The van der Waals surface area contributed by atoms with Crippen LogP contribution < -0.4 is 0 Å². The molecule has 6 N–H and O–H groups in total. The molecule has 1 saturated heterocycles. The highest BCUT2D eigenvalue weighted by molar-refractivity contribution is 5.63. The Labute approximate surface area is 163 Å². The maximum atomic E-state index is 10.4. The monoisotopic (exact) mass is 389 g/mol. The standard InChI is InChI=1S/C21H27NO6/c23-12-17(25)20(27)21(28)18-19(26)16(24)11-22(18)10-13-6-8-15(9-7-13)14-4-2-1-3-5-14/h1-9,16-21,23-28H,10-12H2/t16-,17+,18?,19?,20-,21+/m0/s1. The Morgan fingerprint density at radius 1 is 0.893 bits per heavy atom. The van der Waals surface area contributed by atoms with Gasteiger partial charge in [-0.05, 0) is 16.7 Å². The van der Waals surface area contributed by atoms with Gasteiger partial charge in [0.15, 0.2) is 0 Å². The molecule has 1 heterocycles. The van der Waals surface area contributed by atoms with E-state index in [1.165, 1.54) is 0 Å². The number of aliphatic hydroxyl groups excluding tert-OH is 6. The van der Waals surface area contributed by atoms with Crippen LogP contribution in [0.1, 0.15) is 5.56 Å². The van der Waals surface area contributed by atoms with E-state index in [9.17, 15) is 25.5 Å². The number of benzene rings is 2. The normalized spacial score (nSPS) is 26.1. The van der Waals surface area contributed by atoms with Gasteiger partial charge in [-0.1, -0.05) is 54.6 Å². The number of hydrogen-bond acceptors (Lipinski definition) is 7. The first-order valence-electron chi connectivity index (χ1n) is 9.32. The van der Waals surface area contributed by atoms with Gasteiger partial charge in [0, 0.05) is 13.1 Å². The van der Waals surface area contributed by atoms with E-state index in [-0.39, 0.29) is 6.54 Å². The molecule has 0 aromatic heterocycles. The van der Waals surface area contributed by atoms with Crippen LogP contribution in [0.4, 0.5) is 0 Å². The zero-order valence-corrected chi connectivity index (χ0v) is 15.4. The zero-order valence-electron chi connectivity index (χ0n) is 15.4. The van der Waals surface area contributed by atoms with Crippen molar-refractivity contribution in [3.63, 3.8) is 0 Å². The van der Waals surface area contributed by atoms with Crippen LogP contribution in [0.2, 0.25) is 0 Å². The fraction of sp³-hybridized carbons (Fsp3) is 0.429. The predicted octanol–water partition coefficient (Wildman–Crippen LogP) is -0.665. The maximum Gasteiger partial charge on any atom is 0.110 e. The van der Waals surface area contributed by atoms with Crippen molar-refractivity contribution in [3.8, 4) is 11.1 Å². The summed E-state index contributed by atoms with van der Waals surface area (Å²) in [6.07, 6.45) is -7.07. The molecule has 0 spiro atoms. The van der Waals surface area contributed by atoms with Crippen molar-refractivity contribution in [1.82, 2.24) is 4.90 Å². The van der Waals surface area contributed by atoms with Crippen LogP contribution in [0.25, 0.3) is 11.1 Å². The average Bonchev–Trinajstić information content (AvgIpc) is 3.00. The number of likely N-dealkylation sites (tertiary alicyclic amines) is 1. The SMILES string of the molecule is OC[C@@H](O)[C@H](O)[C@H](O)C1C(O)[C@@H](O)CN1Cc1ccc(-c2ccccc2)cc1. The van der Waals surface area contributed by atoms with Crippen LogP contribution in [0.3, 0.4) is 0 Å². The van der Waals surface area contributed by atoms with Gasteiger partial charge in [0.25, 0.3) is 0 Å². The molecule has 3 rings (SSSR count). The summed E-state index contributed by atoms with van der Waals surface area (Å²) in [7, 11) is 0. The molecule has 7 heteroatoms. The van der Waals surface area contributed by atoms with Gasteiger partial charge in [-0.25, -0.2) is 0 Å². The van der Waals surface area contributed by atoms with E-state index in [2.05, 4.69) is 0 Å². The fourth-order valence-corrected chi connectivity index (χ4v) is 3.71. The molecule has 1 aliphatic heterocycles. The van der Waals surface area contributed by atoms with Crippen LogP contribution in [0.15, 0.2) is 54.6 Å². The molecule has 0 amide bonds. The summed E-state index contributed by atoms with van der Waals surface area (Å²) in [6, 6.07) is 16.8. The van der Waals surface area contributed by atoms with Gasteiger partial charge in [-0.2, -0.15) is 0 Å². The second-order valence-corrected chi connectivity index (χ2v) is 7.27. The van der Waals surface area contributed by atoms with Gasteiger partial charge in [0.05, 0.1) is 24.9 Å². The Morgan fingerprint density at radius 3 is 2.11 bits per heavy atom. The Balaban J connectivity index is 1.74. The van der Waals surface area contributed by atoms with Crippen molar-refractivity contribution in [2.24, 2.45) is 0 Å². The summed E-state index contributed by atoms with van der Waals surface area (Å²) in [4.78, 5) is 1.67. The van der Waals surface area contributed by atoms with Gasteiger partial charge >= 0.3 is 0 Å². The molecule has 152 valence electrons. The Kier molecular flexibility index (Phi) is 6.79. The highest BCUT2D eigenvalue weighted by Crippen LogP contribution is 2.27. The largest absolute Gasteiger partial charge is 0.394 e. The first-order chi connectivity index (χ1) is 13.4. The summed E-state index contributed by atoms with van der Waals surface area (Å²) < 4.78 is 0. The first-order valence-corrected chi connectivity index (χ1v) is 9.32. The molecule has 0 radical (unpaired) electrons. The summed E-state index contributed by atoms with van der Waals surface area (Å²) in [6.45, 7) is -0.261. The second-order valence-electron chi connectivity index (χ2n) is 7.27. The summed E-state index contributed by atoms with van der Waals surface area (Å²) in [5.41, 5.74) is 3.06. The second kappa shape index (κ2) is 9.11. The van der Waals surface area contributed by atoms with Crippen LogP contribution >= 0.6 is 0 Å². The Hall–Kier alpha value is -1.84. The molecule has 28 heavy (non-hydrogen) atoms. The number of hydrogen-bond donors (Lipinski definition) is 6. The zero-order chi connectivity index (χ0) is 20.3. The predicted molar refractivity (Wildman–Crippen MR) is 103 cm³/mol. The van der Waals surface area contributed by atoms with E-state index in [1.807, 2.05) is 54.6 Å². The fourth-order valence-electron chi connectivity index (χ4n) is 3.71. The molecule has 1 aliphatic rings. The third-order valence-corrected chi connectivity index (χ3v) is 5.32. The number of aliphatic hydroxyl groups is 6. The van der Waals surface area contributed by atoms with E-state index >= 15 is 0 Å². The number of nitrogens with zero attached hydrogens (tertiary/aromatic N) is 1. The lowest BCUT2D eigenvalue weighted by Crippen LogP contribution is -2.54. The van der Waals surface area contributed by atoms with E-state index in [4.69, 9.17) is 5.11 Å². The lowest BCUT2D eigenvalue weighted by molar-refractivity contribution is -0.114. The van der Waals surface area contributed by atoms with Crippen LogP contribution in [-0.4, -0.2) is 85.3 Å². The molecule has 1 fully saturated rings. The average molecular weight is 389 g/mol. The molecular weight excluding hydrogens is 362 g/mol. The van der Waals surface area contributed by atoms with Crippen molar-refractivity contribution in [2.75, 3.05) is 13.2 Å². The Morgan fingerprint density at radius 2 is 1.50 bits per heavy atom. The minimum Gasteiger partial charge on any atom is -0.394 e.